The molecule has 0 unspecified atom stereocenters. The number of hydrogen-bond acceptors (Lipinski definition) is 52. The molecule has 4 aliphatic heterocycles. The largest absolute Gasteiger partial charge is 1.00 e. The molecule has 20 atom stereocenters. The van der Waals surface area contributed by atoms with Crippen LogP contribution in [0, 0.1) is 0 Å². The Bertz CT molecular complexity index is 5460. The standard InChI is InChI=1S/C39H54N2O64S16.14Na/c42-22(40-14-1-5-16(6-2-14)106-38-34(104-120(80,81)82)28(98-114(62,63)64)24(18(92-38)10-86-108(44,45)46)94-36-32(102-118(74,75)76)30(100-116(68,69)70)26(96-112(56,57)58)20(90-36)12-88-110(50,51)52)9-23(43)41-15-3-7-17(8-4-15)107-39-35(105-121(83,84)85)29(99-115(65,66)67)25(19(93-39)11-87-109(47,48)49)95-37-33(103-119(77,78)79)31(101-117(71,72)73)27(97-113(59,60)61)21(91-37)13-89-111(53,54)55;;;;;;;;;;;;;;/h1-8,18-21,24-39H,9-13H2,(H,40,42)(H,41,43)(H,44,45,46)(H,47,48,49)(H,50,51,52)(H,53,54,55)(H,56,57,58)(H,59,60,61)(H,62,63,64)(H,65,66,67)(H,68,69,70)(H,71,72,73)(H,74,75,76)(H,77,78,79)(H,80,81,82)(H,83,84,85);;;;;;;;;;;;;;/q;14*+1/t18-,19-,20-,21-,24-,25-,26-,27-,28+,29+,30+,31+,32-,33-,34-,35-,36-,37-,38+,39+;;;;;;;;;;;;;;/m1............../s1. The van der Waals surface area contributed by atoms with Gasteiger partial charge in [-0.3, -0.25) is 73.3 Å². The number of carbonyl (C=O) groups excluding carboxylic acids is 2. The van der Waals surface area contributed by atoms with Gasteiger partial charge in [0, 0.05) is 21.2 Å². The number of ether oxygens (including phenoxy) is 6. The average molecular weight is 2410 g/mol. The number of hydrogen-bond donors (Lipinski definition) is 16. The Balaban J connectivity index is -0.00000162. The van der Waals surface area contributed by atoms with Crippen LogP contribution in [0.25, 0.3) is 0 Å². The third-order valence-electron chi connectivity index (χ3n) is 13.9. The van der Waals surface area contributed by atoms with Crippen molar-refractivity contribution in [1.82, 2.24) is 0 Å². The fourth-order valence-electron chi connectivity index (χ4n) is 10.3. The summed E-state index contributed by atoms with van der Waals surface area (Å²) in [6, 6.07) is 7.30. The second-order valence-electron chi connectivity index (χ2n) is 22.7. The molecule has 0 bridgehead atoms. The number of rotatable bonds is 44. The minimum absolute atomic E-state index is 0. The van der Waals surface area contributed by atoms with Gasteiger partial charge in [-0.15, -0.1) is 0 Å². The van der Waals surface area contributed by atoms with Crippen molar-refractivity contribution in [2.75, 3.05) is 37.1 Å². The van der Waals surface area contributed by atoms with Gasteiger partial charge in [-0.25, -0.2) is 58.6 Å². The average Bonchev–Trinajstić information content (AvgIpc) is 0.755. The molecule has 4 aliphatic rings. The molecule has 0 radical (unpaired) electrons. The third kappa shape index (κ3) is 64.6. The van der Waals surface area contributed by atoms with Crippen molar-refractivity contribution >= 4 is 192 Å². The Morgan fingerprint density at radius 1 is 0.244 bits per heavy atom. The first kappa shape index (κ1) is 163. The number of anilines is 2. The normalized spacial score (nSPS) is 25.9. The van der Waals surface area contributed by atoms with Crippen LogP contribution in [0.3, 0.4) is 0 Å². The number of nitrogens with one attached hydrogen (secondary N) is 2. The van der Waals surface area contributed by atoms with Crippen LogP contribution in [0.1, 0.15) is 6.42 Å². The fraction of sp³-hybridized carbons (Fsp3) is 0.641. The Hall–Kier alpha value is 10.0. The minimum Gasteiger partial charge on any atom is -0.356 e. The molecule has 4 fully saturated rings. The zero-order valence-electron chi connectivity index (χ0n) is 70.9. The van der Waals surface area contributed by atoms with Crippen molar-refractivity contribution < 1.29 is 692 Å². The van der Waals surface area contributed by atoms with Crippen LogP contribution in [0.2, 0.25) is 0 Å². The first-order valence-corrected chi connectivity index (χ1v) is 50.4. The van der Waals surface area contributed by atoms with Gasteiger partial charge in [-0.05, 0) is 48.5 Å². The van der Waals surface area contributed by atoms with E-state index >= 15 is 0 Å². The summed E-state index contributed by atoms with van der Waals surface area (Å²) in [6.07, 6.45) is -58.4. The summed E-state index contributed by atoms with van der Waals surface area (Å²) < 4.78 is 568. The van der Waals surface area contributed by atoms with Crippen LogP contribution in [0.15, 0.2) is 58.3 Å². The molecule has 2 amide bonds. The molecule has 0 spiro atoms. The van der Waals surface area contributed by atoms with Crippen LogP contribution in [-0.2, 0) is 242 Å². The molecule has 6 rings (SSSR count). The molecule has 4 heterocycles. The predicted octanol–water partition coefficient (Wildman–Crippen LogP) is -50.3. The monoisotopic (exact) mass is 2410 g/mol. The molecule has 700 valence electrons. The van der Waals surface area contributed by atoms with Crippen LogP contribution in [-0.4, -0.2) is 341 Å². The first-order chi connectivity index (χ1) is 54.4. The van der Waals surface area contributed by atoms with Crippen LogP contribution in [0.5, 0.6) is 0 Å². The van der Waals surface area contributed by atoms with E-state index in [1.807, 2.05) is 0 Å². The SMILES string of the molecule is O=C(CC(=O)Nc1ccc(S[C@@H]2O[C@H](COS(=O)(=O)O)[C@@H](O[C@H]3O[C@H](COS(=O)(=O)O)[C@@H](OS(=O)(=O)O)[C@H](OS(=O)(=O)O)[C@H]3OS(=O)(=O)O)[C@H](OS(=O)(=O)O)[C@H]2OS(=O)(=O)O)cc1)Nc1ccc(S[C@@H]2O[C@H](COS(=O)(=O)O)[C@@H](O[C@H]3O[C@H](COS(=O)(=O)O)[C@@H](OS(=O)(=O)O)[C@H](OS(=O)(=O)O)[C@H]3OS(=O)(=O)O)[C@H](OS(=O)(=O)O)[C@H]2OS(=O)(=O)O)cc1.[Na+].[Na+].[Na+].[Na+].[Na+].[Na+].[Na+].[Na+].[Na+].[Na+].[Na+].[Na+].[Na+].[Na+]. The molecule has 2 aromatic rings. The maximum Gasteiger partial charge on any atom is 1.00 e. The van der Waals surface area contributed by atoms with Crippen LogP contribution in [0.4, 0.5) is 11.4 Å². The second-order valence-corrected chi connectivity index (χ2v) is 39.9. The summed E-state index contributed by atoms with van der Waals surface area (Å²) in [5.41, 5.74) is -5.62. The zero-order valence-corrected chi connectivity index (χ0v) is 112. The zero-order chi connectivity index (χ0) is 92.2. The van der Waals surface area contributed by atoms with E-state index in [-0.39, 0.29) is 458 Å². The van der Waals surface area contributed by atoms with Gasteiger partial charge in [-0.1, -0.05) is 23.5 Å². The van der Waals surface area contributed by atoms with E-state index in [1.165, 1.54) is 0 Å². The number of thioether (sulfide) groups is 2. The van der Waals surface area contributed by atoms with E-state index < -0.39 is 311 Å². The van der Waals surface area contributed by atoms with Crippen LogP contribution >= 0.6 is 23.5 Å². The molecule has 0 saturated carbocycles. The van der Waals surface area contributed by atoms with Gasteiger partial charge in [0.1, 0.15) is 103 Å². The van der Waals surface area contributed by atoms with Gasteiger partial charge in [0.05, 0.1) is 26.4 Å². The van der Waals surface area contributed by atoms with Gasteiger partial charge in [0.2, 0.25) is 11.8 Å². The quantitative estimate of drug-likeness (QED) is 0.0166. The molecule has 135 heavy (non-hydrogen) atoms. The van der Waals surface area contributed by atoms with Crippen molar-refractivity contribution in [3.05, 3.63) is 48.5 Å². The number of carbonyl (C=O) groups is 2. The van der Waals surface area contributed by atoms with E-state index in [9.17, 15) is 191 Å². The first-order valence-electron chi connectivity index (χ1n) is 29.5. The van der Waals surface area contributed by atoms with E-state index in [2.05, 4.69) is 69.2 Å². The maximum atomic E-state index is 13.2. The van der Waals surface area contributed by atoms with Gasteiger partial charge in [0.15, 0.2) is 24.8 Å². The Morgan fingerprint density at radius 2 is 0.422 bits per heavy atom. The fourth-order valence-corrected chi connectivity index (χ4v) is 18.8. The van der Waals surface area contributed by atoms with Crippen molar-refractivity contribution in [3.8, 4) is 0 Å². The Morgan fingerprint density at radius 3 is 0.622 bits per heavy atom. The van der Waals surface area contributed by atoms with Crippen molar-refractivity contribution in [1.29, 1.82) is 0 Å². The molecule has 0 aliphatic carbocycles. The smallest absolute Gasteiger partial charge is 0.356 e. The molecule has 4 saturated heterocycles. The number of amides is 2. The van der Waals surface area contributed by atoms with Crippen molar-refractivity contribution in [3.63, 3.8) is 0 Å². The molecule has 2 aromatic carbocycles. The molecule has 0 aromatic heterocycles. The molecular weight excluding hydrogens is 2360 g/mol. The molecule has 16 N–H and O–H groups in total. The third-order valence-corrected chi connectivity index (χ3v) is 22.6. The molecule has 66 nitrogen and oxygen atoms in total. The summed E-state index contributed by atoms with van der Waals surface area (Å²) in [5.74, 6) is -2.47. The predicted molar refractivity (Wildman–Crippen MR) is 365 cm³/mol. The van der Waals surface area contributed by atoms with Gasteiger partial charge in [-0.2, -0.15) is 118 Å². The topological polar surface area (TPSA) is 1000 Å². The van der Waals surface area contributed by atoms with E-state index in [0.29, 0.717) is 0 Å². The summed E-state index contributed by atoms with van der Waals surface area (Å²) >= 11 is 0.0969. The van der Waals surface area contributed by atoms with Crippen molar-refractivity contribution in [2.45, 2.75) is 137 Å². The maximum absolute atomic E-state index is 13.2. The summed E-state index contributed by atoms with van der Waals surface area (Å²) in [5, 5.41) is 4.37. The molecule has 96 heteroatoms. The summed E-state index contributed by atoms with van der Waals surface area (Å²) in [4.78, 5) is 25.8. The van der Waals surface area contributed by atoms with Gasteiger partial charge in [0.25, 0.3) is 0 Å². The van der Waals surface area contributed by atoms with Crippen molar-refractivity contribution in [2.24, 2.45) is 0 Å². The Labute approximate surface area is 1090 Å². The minimum atomic E-state index is -6.31. The van der Waals surface area contributed by atoms with Gasteiger partial charge < -0.3 is 39.1 Å². The second kappa shape index (κ2) is 67.4. The van der Waals surface area contributed by atoms with Gasteiger partial charge >= 0.3 is 559 Å². The summed E-state index contributed by atoms with van der Waals surface area (Å²) in [7, 11) is -85.7. The summed E-state index contributed by atoms with van der Waals surface area (Å²) in [6.45, 7) is -7.73. The van der Waals surface area contributed by atoms with Crippen LogP contribution < -0.4 is 424 Å². The van der Waals surface area contributed by atoms with E-state index in [4.69, 9.17) is 28.4 Å². The Kier molecular flexibility index (Phi) is 81.2. The van der Waals surface area contributed by atoms with E-state index in [0.717, 1.165) is 48.5 Å². The number of benzene rings is 2. The van der Waals surface area contributed by atoms with E-state index in [1.54, 1.807) is 0 Å². The molecular formula is C39H54N2Na14O64S16+14.